The maximum atomic E-state index is 11.9. The van der Waals surface area contributed by atoms with Crippen molar-refractivity contribution in [3.05, 3.63) is 53.3 Å². The van der Waals surface area contributed by atoms with E-state index in [1.807, 2.05) is 32.0 Å². The summed E-state index contributed by atoms with van der Waals surface area (Å²) >= 11 is 0. The Morgan fingerprint density at radius 2 is 1.86 bits per heavy atom. The van der Waals surface area contributed by atoms with E-state index >= 15 is 0 Å². The molecule has 1 amide bonds. The van der Waals surface area contributed by atoms with Gasteiger partial charge >= 0.3 is 5.97 Å². The number of benzene rings is 1. The third-order valence-electron chi connectivity index (χ3n) is 3.08. The number of esters is 1. The predicted octanol–water partition coefficient (Wildman–Crippen LogP) is 2.46. The second-order valence-corrected chi connectivity index (χ2v) is 4.90. The van der Waals surface area contributed by atoms with Crippen LogP contribution in [0.5, 0.6) is 0 Å². The minimum absolute atomic E-state index is 0.129. The molecule has 0 saturated carbocycles. The van der Waals surface area contributed by atoms with Crippen molar-refractivity contribution in [2.24, 2.45) is 0 Å². The number of para-hydroxylation sites is 1. The number of aryl methyl sites for hydroxylation is 2. The van der Waals surface area contributed by atoms with Gasteiger partial charge in [0, 0.05) is 11.3 Å². The third-order valence-corrected chi connectivity index (χ3v) is 3.08. The first-order valence-corrected chi connectivity index (χ1v) is 6.97. The van der Waals surface area contributed by atoms with Crippen LogP contribution in [-0.4, -0.2) is 25.5 Å². The molecule has 0 aliphatic heterocycles. The Morgan fingerprint density at radius 3 is 2.45 bits per heavy atom. The normalized spacial score (nSPS) is 11.4. The second-order valence-electron chi connectivity index (χ2n) is 4.90. The first-order valence-electron chi connectivity index (χ1n) is 6.97. The standard InChI is InChI=1S/C17H22N2O3/c1-12-7-5-8-13(2)16(12)19-15(20)11-18-10-6-9-14(3)17(21)22-4/h5-10,18H,11H2,1-4H3,(H,19,20)/b10-6-,14-9+. The summed E-state index contributed by atoms with van der Waals surface area (Å²) in [6.07, 6.45) is 4.87. The second kappa shape index (κ2) is 8.67. The van der Waals surface area contributed by atoms with Crippen LogP contribution in [-0.2, 0) is 14.3 Å². The van der Waals surface area contributed by atoms with Crippen molar-refractivity contribution in [1.82, 2.24) is 5.32 Å². The molecule has 118 valence electrons. The van der Waals surface area contributed by atoms with Crippen LogP contribution in [0, 0.1) is 13.8 Å². The molecule has 5 nitrogen and oxygen atoms in total. The molecule has 0 aromatic heterocycles. The fraction of sp³-hybridized carbons (Fsp3) is 0.294. The first-order chi connectivity index (χ1) is 10.5. The summed E-state index contributed by atoms with van der Waals surface area (Å²) in [6.45, 7) is 5.71. The van der Waals surface area contributed by atoms with Gasteiger partial charge in [-0.25, -0.2) is 4.79 Å². The Balaban J connectivity index is 2.46. The molecule has 0 unspecified atom stereocenters. The van der Waals surface area contributed by atoms with E-state index in [4.69, 9.17) is 0 Å². The number of ether oxygens (including phenoxy) is 1. The lowest BCUT2D eigenvalue weighted by atomic mass is 10.1. The van der Waals surface area contributed by atoms with Crippen LogP contribution in [0.1, 0.15) is 18.1 Å². The van der Waals surface area contributed by atoms with Crippen molar-refractivity contribution in [1.29, 1.82) is 0 Å². The van der Waals surface area contributed by atoms with Crippen molar-refractivity contribution in [3.63, 3.8) is 0 Å². The number of nitrogens with one attached hydrogen (secondary N) is 2. The maximum absolute atomic E-state index is 11.9. The first kappa shape index (κ1) is 17.5. The molecule has 0 aliphatic rings. The molecule has 5 heteroatoms. The minimum atomic E-state index is -0.377. The van der Waals surface area contributed by atoms with Crippen molar-refractivity contribution >= 4 is 17.6 Å². The van der Waals surface area contributed by atoms with Gasteiger partial charge in [-0.1, -0.05) is 24.3 Å². The summed E-state index contributed by atoms with van der Waals surface area (Å²) in [4.78, 5) is 23.0. The van der Waals surface area contributed by atoms with Gasteiger partial charge in [-0.3, -0.25) is 4.79 Å². The van der Waals surface area contributed by atoms with Crippen LogP contribution < -0.4 is 10.6 Å². The van der Waals surface area contributed by atoms with E-state index in [1.54, 1.807) is 25.3 Å². The number of hydrogen-bond donors (Lipinski definition) is 2. The largest absolute Gasteiger partial charge is 0.466 e. The molecule has 0 heterocycles. The van der Waals surface area contributed by atoms with Crippen LogP contribution in [0.4, 0.5) is 5.69 Å². The molecule has 22 heavy (non-hydrogen) atoms. The quantitative estimate of drug-likeness (QED) is 0.481. The number of carbonyl (C=O) groups excluding carboxylic acids is 2. The molecule has 0 fully saturated rings. The third kappa shape index (κ3) is 5.44. The fourth-order valence-electron chi connectivity index (χ4n) is 1.84. The van der Waals surface area contributed by atoms with Gasteiger partial charge in [0.2, 0.25) is 5.91 Å². The molecule has 1 rings (SSSR count). The van der Waals surface area contributed by atoms with Gasteiger partial charge in [0.25, 0.3) is 0 Å². The number of allylic oxidation sites excluding steroid dienone is 2. The SMILES string of the molecule is COC(=O)/C(C)=C/C=C\NCC(=O)Nc1c(C)cccc1C. The van der Waals surface area contributed by atoms with E-state index in [1.165, 1.54) is 7.11 Å². The van der Waals surface area contributed by atoms with Gasteiger partial charge in [0.15, 0.2) is 0 Å². The van der Waals surface area contributed by atoms with Crippen LogP contribution >= 0.6 is 0 Å². The zero-order valence-corrected chi connectivity index (χ0v) is 13.4. The highest BCUT2D eigenvalue weighted by atomic mass is 16.5. The molecule has 1 aromatic rings. The number of hydrogen-bond acceptors (Lipinski definition) is 4. The molecule has 0 spiro atoms. The highest BCUT2D eigenvalue weighted by Gasteiger charge is 2.05. The summed E-state index contributed by atoms with van der Waals surface area (Å²) in [5.41, 5.74) is 3.39. The maximum Gasteiger partial charge on any atom is 0.333 e. The highest BCUT2D eigenvalue weighted by Crippen LogP contribution is 2.18. The molecule has 1 aromatic carbocycles. The van der Waals surface area contributed by atoms with E-state index in [0.29, 0.717) is 5.57 Å². The molecule has 0 bridgehead atoms. The van der Waals surface area contributed by atoms with Gasteiger partial charge in [-0.2, -0.15) is 0 Å². The summed E-state index contributed by atoms with van der Waals surface area (Å²) in [7, 11) is 1.33. The lowest BCUT2D eigenvalue weighted by molar-refractivity contribution is -0.136. The van der Waals surface area contributed by atoms with Crippen molar-refractivity contribution < 1.29 is 14.3 Å². The van der Waals surface area contributed by atoms with E-state index in [9.17, 15) is 9.59 Å². The molecule has 2 N–H and O–H groups in total. The Hall–Kier alpha value is -2.56. The molecule has 0 atom stereocenters. The van der Waals surface area contributed by atoms with Crippen molar-refractivity contribution in [2.75, 3.05) is 19.0 Å². The number of carbonyl (C=O) groups is 2. The Bertz CT molecular complexity index is 584. The zero-order valence-electron chi connectivity index (χ0n) is 13.4. The lowest BCUT2D eigenvalue weighted by Crippen LogP contribution is -2.25. The van der Waals surface area contributed by atoms with E-state index in [2.05, 4.69) is 15.4 Å². The van der Waals surface area contributed by atoms with Crippen molar-refractivity contribution in [3.8, 4) is 0 Å². The van der Waals surface area contributed by atoms with Crippen LogP contribution in [0.3, 0.4) is 0 Å². The number of rotatable bonds is 6. The fourth-order valence-corrected chi connectivity index (χ4v) is 1.84. The molecule has 0 saturated heterocycles. The molecule has 0 aliphatic carbocycles. The van der Waals surface area contributed by atoms with E-state index < -0.39 is 0 Å². The molecule has 0 radical (unpaired) electrons. The minimum Gasteiger partial charge on any atom is -0.466 e. The molecular formula is C17H22N2O3. The number of anilines is 1. The summed E-state index contributed by atoms with van der Waals surface area (Å²) in [5, 5.41) is 5.75. The lowest BCUT2D eigenvalue weighted by Gasteiger charge is -2.11. The topological polar surface area (TPSA) is 67.4 Å². The molecular weight excluding hydrogens is 280 g/mol. The van der Waals surface area contributed by atoms with Gasteiger partial charge in [-0.05, 0) is 44.2 Å². The van der Waals surface area contributed by atoms with Crippen molar-refractivity contribution in [2.45, 2.75) is 20.8 Å². The Kier molecular flexibility index (Phi) is 6.89. The van der Waals surface area contributed by atoms with E-state index in [-0.39, 0.29) is 18.4 Å². The average Bonchev–Trinajstić information content (AvgIpc) is 2.49. The van der Waals surface area contributed by atoms with Gasteiger partial charge in [0.05, 0.1) is 13.7 Å². The number of amides is 1. The zero-order chi connectivity index (χ0) is 16.5. The Labute approximate surface area is 131 Å². The van der Waals surface area contributed by atoms with E-state index in [0.717, 1.165) is 16.8 Å². The van der Waals surface area contributed by atoms with Gasteiger partial charge in [-0.15, -0.1) is 0 Å². The number of methoxy groups -OCH3 is 1. The van der Waals surface area contributed by atoms with Gasteiger partial charge in [0.1, 0.15) is 0 Å². The predicted molar refractivity (Wildman–Crippen MR) is 87.5 cm³/mol. The summed E-state index contributed by atoms with van der Waals surface area (Å²) in [5.74, 6) is -0.506. The summed E-state index contributed by atoms with van der Waals surface area (Å²) in [6, 6.07) is 5.87. The monoisotopic (exact) mass is 302 g/mol. The smallest absolute Gasteiger partial charge is 0.333 e. The average molecular weight is 302 g/mol. The van der Waals surface area contributed by atoms with Crippen LogP contribution in [0.2, 0.25) is 0 Å². The highest BCUT2D eigenvalue weighted by molar-refractivity contribution is 5.93. The Morgan fingerprint density at radius 1 is 1.23 bits per heavy atom. The van der Waals surface area contributed by atoms with Crippen LogP contribution in [0.15, 0.2) is 42.1 Å². The van der Waals surface area contributed by atoms with Crippen LogP contribution in [0.25, 0.3) is 0 Å². The van der Waals surface area contributed by atoms with Gasteiger partial charge < -0.3 is 15.4 Å². The summed E-state index contributed by atoms with van der Waals surface area (Å²) < 4.78 is 4.57.